The van der Waals surface area contributed by atoms with Crippen molar-refractivity contribution < 1.29 is 4.79 Å². The summed E-state index contributed by atoms with van der Waals surface area (Å²) in [5, 5.41) is 16.7. The molecular weight excluding hydrogens is 294 g/mol. The van der Waals surface area contributed by atoms with E-state index in [-0.39, 0.29) is 18.4 Å². The highest BCUT2D eigenvalue weighted by Gasteiger charge is 2.24. The van der Waals surface area contributed by atoms with Gasteiger partial charge in [-0.25, -0.2) is 15.0 Å². The van der Waals surface area contributed by atoms with Crippen molar-refractivity contribution in [2.45, 2.75) is 25.3 Å². The lowest BCUT2D eigenvalue weighted by atomic mass is 10.1. The number of aromatic nitrogens is 3. The number of H-pyrrole nitrogens is 1. The Morgan fingerprint density at radius 3 is 3.04 bits per heavy atom. The highest BCUT2D eigenvalue weighted by Crippen LogP contribution is 2.23. The zero-order valence-electron chi connectivity index (χ0n) is 13.0. The lowest BCUT2D eigenvalue weighted by Crippen LogP contribution is -2.50. The van der Waals surface area contributed by atoms with Crippen LogP contribution in [-0.2, 0) is 4.79 Å². The van der Waals surface area contributed by atoms with Crippen LogP contribution < -0.4 is 10.3 Å². The lowest BCUT2D eigenvalue weighted by molar-refractivity contribution is -0.121. The van der Waals surface area contributed by atoms with Gasteiger partial charge in [-0.05, 0) is 18.9 Å². The number of hydrogen-bond acceptors (Lipinski definition) is 6. The average molecular weight is 313 g/mol. The van der Waals surface area contributed by atoms with Gasteiger partial charge >= 0.3 is 0 Å². The summed E-state index contributed by atoms with van der Waals surface area (Å²) in [5.74, 6) is 0.673. The number of hydrazine groups is 1. The lowest BCUT2D eigenvalue weighted by Gasteiger charge is -2.38. The minimum Gasteiger partial charge on any atom is -0.352 e. The predicted molar refractivity (Wildman–Crippen MR) is 85.3 cm³/mol. The number of nitriles is 1. The van der Waals surface area contributed by atoms with E-state index in [9.17, 15) is 4.79 Å². The van der Waals surface area contributed by atoms with Crippen LogP contribution in [0, 0.1) is 11.3 Å². The SMILES string of the molecule is CN(c1ncnc2[nH]ccc12)N1CCC(NC(=O)CC#N)CC1. The molecule has 23 heavy (non-hydrogen) atoms. The first-order valence-corrected chi connectivity index (χ1v) is 7.62. The Kier molecular flexibility index (Phi) is 4.39. The van der Waals surface area contributed by atoms with E-state index >= 15 is 0 Å². The normalized spacial score (nSPS) is 16.2. The number of nitrogens with zero attached hydrogens (tertiary/aromatic N) is 5. The maximum atomic E-state index is 11.5. The first-order chi connectivity index (χ1) is 11.2. The average Bonchev–Trinajstić information content (AvgIpc) is 3.03. The number of aromatic amines is 1. The molecule has 1 amide bonds. The van der Waals surface area contributed by atoms with Crippen LogP contribution in [0.15, 0.2) is 18.6 Å². The van der Waals surface area contributed by atoms with Crippen molar-refractivity contribution in [2.75, 3.05) is 25.1 Å². The van der Waals surface area contributed by atoms with Gasteiger partial charge in [-0.2, -0.15) is 5.26 Å². The summed E-state index contributed by atoms with van der Waals surface area (Å²) in [6.07, 6.45) is 5.03. The first kappa shape index (κ1) is 15.2. The standard InChI is InChI=1S/C15H19N7O/c1-21(15-12-3-7-17-14(12)18-10-19-15)22-8-4-11(5-9-22)20-13(23)2-6-16/h3,7,10-11H,2,4-5,8-9H2,1H3,(H,20,23)(H,17,18,19). The summed E-state index contributed by atoms with van der Waals surface area (Å²) in [4.78, 5) is 23.2. The van der Waals surface area contributed by atoms with Crippen LogP contribution in [0.3, 0.4) is 0 Å². The Hall–Kier alpha value is -2.66. The van der Waals surface area contributed by atoms with Gasteiger partial charge in [0.2, 0.25) is 5.91 Å². The number of hydrogen-bond donors (Lipinski definition) is 2. The van der Waals surface area contributed by atoms with Gasteiger partial charge in [-0.1, -0.05) is 0 Å². The molecule has 0 saturated carbocycles. The van der Waals surface area contributed by atoms with Crippen LogP contribution in [0.5, 0.6) is 0 Å². The quantitative estimate of drug-likeness (QED) is 0.866. The minimum absolute atomic E-state index is 0.0769. The highest BCUT2D eigenvalue weighted by molar-refractivity contribution is 5.86. The Morgan fingerprint density at radius 1 is 1.52 bits per heavy atom. The smallest absolute Gasteiger partial charge is 0.234 e. The number of rotatable bonds is 4. The van der Waals surface area contributed by atoms with Gasteiger partial charge in [0.05, 0.1) is 11.5 Å². The molecule has 1 saturated heterocycles. The molecule has 3 heterocycles. The first-order valence-electron chi connectivity index (χ1n) is 7.62. The van der Waals surface area contributed by atoms with E-state index in [1.807, 2.05) is 30.4 Å². The third kappa shape index (κ3) is 3.24. The van der Waals surface area contributed by atoms with Crippen molar-refractivity contribution >= 4 is 22.8 Å². The third-order valence-corrected chi connectivity index (χ3v) is 4.14. The van der Waals surface area contributed by atoms with Gasteiger partial charge in [-0.15, -0.1) is 0 Å². The van der Waals surface area contributed by atoms with Crippen LogP contribution in [0.2, 0.25) is 0 Å². The van der Waals surface area contributed by atoms with E-state index in [4.69, 9.17) is 5.26 Å². The Morgan fingerprint density at radius 2 is 2.30 bits per heavy atom. The summed E-state index contributed by atoms with van der Waals surface area (Å²) < 4.78 is 0. The molecule has 0 aromatic carbocycles. The molecule has 1 aliphatic rings. The molecule has 0 atom stereocenters. The summed E-state index contributed by atoms with van der Waals surface area (Å²) in [6.45, 7) is 1.65. The number of carbonyl (C=O) groups excluding carboxylic acids is 1. The summed E-state index contributed by atoms with van der Waals surface area (Å²) in [7, 11) is 1.99. The van der Waals surface area contributed by atoms with Crippen molar-refractivity contribution in [1.82, 2.24) is 25.3 Å². The van der Waals surface area contributed by atoms with Crippen LogP contribution >= 0.6 is 0 Å². The minimum atomic E-state index is -0.191. The number of anilines is 1. The van der Waals surface area contributed by atoms with Crippen molar-refractivity contribution in [1.29, 1.82) is 5.26 Å². The van der Waals surface area contributed by atoms with Crippen molar-refractivity contribution in [3.05, 3.63) is 18.6 Å². The Balaban J connectivity index is 1.62. The number of carbonyl (C=O) groups is 1. The maximum Gasteiger partial charge on any atom is 0.234 e. The van der Waals surface area contributed by atoms with Crippen molar-refractivity contribution in [3.63, 3.8) is 0 Å². The molecular formula is C15H19N7O. The van der Waals surface area contributed by atoms with E-state index in [2.05, 4.69) is 25.3 Å². The molecule has 8 heteroatoms. The second-order valence-corrected chi connectivity index (χ2v) is 5.59. The molecule has 0 spiro atoms. The molecule has 0 unspecified atom stereocenters. The van der Waals surface area contributed by atoms with Crippen molar-refractivity contribution in [3.8, 4) is 6.07 Å². The van der Waals surface area contributed by atoms with Gasteiger partial charge in [0, 0.05) is 32.4 Å². The zero-order valence-corrected chi connectivity index (χ0v) is 13.0. The highest BCUT2D eigenvalue weighted by atomic mass is 16.1. The molecule has 1 fully saturated rings. The van der Waals surface area contributed by atoms with E-state index in [0.29, 0.717) is 0 Å². The Bertz CT molecular complexity index is 727. The van der Waals surface area contributed by atoms with Crippen LogP contribution in [0.4, 0.5) is 5.82 Å². The molecule has 2 aromatic heterocycles. The number of piperidine rings is 1. The van der Waals surface area contributed by atoms with Crippen LogP contribution in [0.25, 0.3) is 11.0 Å². The maximum absolute atomic E-state index is 11.5. The molecule has 0 aliphatic carbocycles. The zero-order chi connectivity index (χ0) is 16.2. The van der Waals surface area contributed by atoms with Gasteiger partial charge in [0.25, 0.3) is 0 Å². The molecule has 2 aromatic rings. The summed E-state index contributed by atoms with van der Waals surface area (Å²) in [5.41, 5.74) is 0.820. The van der Waals surface area contributed by atoms with E-state index in [1.54, 1.807) is 6.33 Å². The topological polar surface area (TPSA) is 101 Å². The van der Waals surface area contributed by atoms with Gasteiger partial charge in [-0.3, -0.25) is 9.80 Å². The summed E-state index contributed by atoms with van der Waals surface area (Å²) >= 11 is 0. The van der Waals surface area contributed by atoms with Crippen LogP contribution in [0.1, 0.15) is 19.3 Å². The fourth-order valence-electron chi connectivity index (χ4n) is 2.91. The number of amides is 1. The fourth-order valence-corrected chi connectivity index (χ4v) is 2.91. The predicted octanol–water partition coefficient (Wildman–Crippen LogP) is 0.803. The van der Waals surface area contributed by atoms with E-state index < -0.39 is 0 Å². The third-order valence-electron chi connectivity index (χ3n) is 4.14. The number of nitrogens with one attached hydrogen (secondary N) is 2. The van der Waals surface area contributed by atoms with E-state index in [0.717, 1.165) is 42.8 Å². The fraction of sp³-hybridized carbons (Fsp3) is 0.467. The van der Waals surface area contributed by atoms with Gasteiger partial charge in [0.1, 0.15) is 18.4 Å². The monoisotopic (exact) mass is 313 g/mol. The molecule has 0 bridgehead atoms. The molecule has 0 radical (unpaired) electrons. The second-order valence-electron chi connectivity index (χ2n) is 5.59. The second kappa shape index (κ2) is 6.62. The van der Waals surface area contributed by atoms with Gasteiger partial charge in [0.15, 0.2) is 5.82 Å². The molecule has 120 valence electrons. The molecule has 8 nitrogen and oxygen atoms in total. The summed E-state index contributed by atoms with van der Waals surface area (Å²) in [6, 6.07) is 3.98. The number of fused-ring (bicyclic) bond motifs is 1. The van der Waals surface area contributed by atoms with Crippen LogP contribution in [-0.4, -0.2) is 52.0 Å². The molecule has 3 rings (SSSR count). The van der Waals surface area contributed by atoms with E-state index in [1.165, 1.54) is 0 Å². The largest absolute Gasteiger partial charge is 0.352 e. The molecule has 1 aliphatic heterocycles. The molecule has 2 N–H and O–H groups in total. The van der Waals surface area contributed by atoms with Gasteiger partial charge < -0.3 is 10.3 Å². The van der Waals surface area contributed by atoms with Crippen molar-refractivity contribution in [2.24, 2.45) is 0 Å². The Labute approximate surface area is 134 Å².